The molecule has 0 N–H and O–H groups in total. The van der Waals surface area contributed by atoms with Crippen LogP contribution in [0.5, 0.6) is 0 Å². The predicted octanol–water partition coefficient (Wildman–Crippen LogP) is 3.62. The van der Waals surface area contributed by atoms with E-state index in [2.05, 4.69) is 24.1 Å². The highest BCUT2D eigenvalue weighted by atomic mass is 14.6. The number of pyridine rings is 1. The first-order valence-corrected chi connectivity index (χ1v) is 4.71. The molecule has 0 spiro atoms. The van der Waals surface area contributed by atoms with Crippen molar-refractivity contribution in [1.82, 2.24) is 4.98 Å². The summed E-state index contributed by atoms with van der Waals surface area (Å²) in [6, 6.07) is 4.00. The van der Waals surface area contributed by atoms with E-state index in [1.807, 2.05) is 43.5 Å². The van der Waals surface area contributed by atoms with Crippen LogP contribution in [0.25, 0.3) is 5.57 Å². The van der Waals surface area contributed by atoms with Gasteiger partial charge in [0, 0.05) is 12.4 Å². The van der Waals surface area contributed by atoms with E-state index in [0.717, 1.165) is 5.56 Å². The minimum absolute atomic E-state index is 1.16. The first kappa shape index (κ1) is 10.5. The lowest BCUT2D eigenvalue weighted by atomic mass is 10.1. The van der Waals surface area contributed by atoms with Crippen LogP contribution < -0.4 is 0 Å². The maximum Gasteiger partial charge on any atom is 0.0342 e. The first-order valence-electron chi connectivity index (χ1n) is 4.71. The SMILES string of the molecule is C\C=C/C=C\C=C(/C)c1cccnc1. The molecule has 0 aliphatic heterocycles. The lowest BCUT2D eigenvalue weighted by molar-refractivity contribution is 1.30. The zero-order valence-electron chi connectivity index (χ0n) is 8.64. The molecule has 1 nitrogen and oxygen atoms in total. The predicted molar refractivity (Wildman–Crippen MR) is 61.8 cm³/mol. The molecule has 0 fully saturated rings. The molecule has 1 rings (SSSR count). The number of hydrogen-bond donors (Lipinski definition) is 0. The molecule has 0 bridgehead atoms. The van der Waals surface area contributed by atoms with Gasteiger partial charge in [0.05, 0.1) is 0 Å². The van der Waals surface area contributed by atoms with Crippen molar-refractivity contribution in [3.63, 3.8) is 0 Å². The molecule has 0 unspecified atom stereocenters. The van der Waals surface area contributed by atoms with Crippen molar-refractivity contribution in [2.24, 2.45) is 0 Å². The Labute approximate surface area is 85.5 Å². The average molecular weight is 185 g/mol. The topological polar surface area (TPSA) is 12.9 Å². The molecule has 0 radical (unpaired) electrons. The van der Waals surface area contributed by atoms with Gasteiger partial charge in [-0.15, -0.1) is 0 Å². The molecule has 0 amide bonds. The Hall–Kier alpha value is -1.63. The molecule has 1 heterocycles. The smallest absolute Gasteiger partial charge is 0.0342 e. The van der Waals surface area contributed by atoms with E-state index in [4.69, 9.17) is 0 Å². The fraction of sp³-hybridized carbons (Fsp3) is 0.154. The van der Waals surface area contributed by atoms with Gasteiger partial charge in [-0.3, -0.25) is 4.98 Å². The van der Waals surface area contributed by atoms with Crippen LogP contribution in [-0.2, 0) is 0 Å². The van der Waals surface area contributed by atoms with Crippen molar-refractivity contribution in [3.05, 3.63) is 60.5 Å². The van der Waals surface area contributed by atoms with Crippen molar-refractivity contribution < 1.29 is 0 Å². The maximum absolute atomic E-state index is 4.07. The zero-order valence-corrected chi connectivity index (χ0v) is 8.64. The normalized spacial score (nSPS) is 12.9. The largest absolute Gasteiger partial charge is 0.264 e. The second-order valence-corrected chi connectivity index (χ2v) is 3.00. The highest BCUT2D eigenvalue weighted by Crippen LogP contribution is 2.10. The van der Waals surface area contributed by atoms with Gasteiger partial charge in [0.25, 0.3) is 0 Å². The quantitative estimate of drug-likeness (QED) is 0.655. The van der Waals surface area contributed by atoms with Crippen LogP contribution in [0.4, 0.5) is 0 Å². The van der Waals surface area contributed by atoms with Crippen molar-refractivity contribution in [2.45, 2.75) is 13.8 Å². The van der Waals surface area contributed by atoms with E-state index in [-0.39, 0.29) is 0 Å². The van der Waals surface area contributed by atoms with Crippen LogP contribution in [0.3, 0.4) is 0 Å². The highest BCUT2D eigenvalue weighted by molar-refractivity contribution is 5.64. The maximum atomic E-state index is 4.07. The summed E-state index contributed by atoms with van der Waals surface area (Å²) in [6.07, 6.45) is 13.8. The van der Waals surface area contributed by atoms with E-state index in [9.17, 15) is 0 Å². The molecule has 0 aliphatic rings. The molecule has 1 heteroatoms. The third-order valence-electron chi connectivity index (χ3n) is 1.88. The fourth-order valence-corrected chi connectivity index (χ4v) is 1.07. The number of allylic oxidation sites excluding steroid dienone is 6. The molecule has 1 aromatic rings. The number of rotatable bonds is 3. The van der Waals surface area contributed by atoms with Crippen LogP contribution in [-0.4, -0.2) is 4.98 Å². The third-order valence-corrected chi connectivity index (χ3v) is 1.88. The summed E-state index contributed by atoms with van der Waals surface area (Å²) in [5, 5.41) is 0. The summed E-state index contributed by atoms with van der Waals surface area (Å²) >= 11 is 0. The first-order chi connectivity index (χ1) is 6.84. The van der Waals surface area contributed by atoms with Gasteiger partial charge in [0.2, 0.25) is 0 Å². The summed E-state index contributed by atoms with van der Waals surface area (Å²) in [7, 11) is 0. The molecule has 72 valence electrons. The standard InChI is InChI=1S/C13H15N/c1-3-4-5-6-8-12(2)13-9-7-10-14-11-13/h3-11H,1-2H3/b4-3-,6-5-,12-8+. The molecular formula is C13H15N. The summed E-state index contributed by atoms with van der Waals surface area (Å²) in [5.41, 5.74) is 2.39. The molecule has 0 atom stereocenters. The Morgan fingerprint density at radius 2 is 2.14 bits per heavy atom. The zero-order chi connectivity index (χ0) is 10.2. The summed E-state index contributed by atoms with van der Waals surface area (Å²) in [5.74, 6) is 0. The summed E-state index contributed by atoms with van der Waals surface area (Å²) in [4.78, 5) is 4.07. The minimum Gasteiger partial charge on any atom is -0.264 e. The Kier molecular flexibility index (Phi) is 4.42. The van der Waals surface area contributed by atoms with E-state index in [1.54, 1.807) is 6.20 Å². The Bertz CT molecular complexity index is 345. The van der Waals surface area contributed by atoms with Gasteiger partial charge in [-0.05, 0) is 31.1 Å². The lowest BCUT2D eigenvalue weighted by Gasteiger charge is -1.97. The van der Waals surface area contributed by atoms with Gasteiger partial charge < -0.3 is 0 Å². The monoisotopic (exact) mass is 185 g/mol. The number of nitrogens with zero attached hydrogens (tertiary/aromatic N) is 1. The van der Waals surface area contributed by atoms with E-state index < -0.39 is 0 Å². The van der Waals surface area contributed by atoms with Crippen molar-refractivity contribution in [3.8, 4) is 0 Å². The number of aromatic nitrogens is 1. The molecular weight excluding hydrogens is 170 g/mol. The van der Waals surface area contributed by atoms with Crippen LogP contribution in [0.1, 0.15) is 19.4 Å². The van der Waals surface area contributed by atoms with Crippen molar-refractivity contribution in [2.75, 3.05) is 0 Å². The molecule has 0 aliphatic carbocycles. The molecule has 14 heavy (non-hydrogen) atoms. The van der Waals surface area contributed by atoms with Gasteiger partial charge in [-0.1, -0.05) is 36.4 Å². The fourth-order valence-electron chi connectivity index (χ4n) is 1.07. The molecule has 0 saturated carbocycles. The molecule has 0 saturated heterocycles. The van der Waals surface area contributed by atoms with Gasteiger partial charge in [-0.25, -0.2) is 0 Å². The lowest BCUT2D eigenvalue weighted by Crippen LogP contribution is -1.79. The van der Waals surface area contributed by atoms with Gasteiger partial charge in [0.1, 0.15) is 0 Å². The summed E-state index contributed by atoms with van der Waals surface area (Å²) in [6.45, 7) is 4.08. The van der Waals surface area contributed by atoms with E-state index in [1.165, 1.54) is 5.57 Å². The van der Waals surface area contributed by atoms with E-state index in [0.29, 0.717) is 0 Å². The Balaban J connectivity index is 2.70. The molecule has 1 aromatic heterocycles. The van der Waals surface area contributed by atoms with Crippen molar-refractivity contribution in [1.29, 1.82) is 0 Å². The second-order valence-electron chi connectivity index (χ2n) is 3.00. The minimum atomic E-state index is 1.16. The second kappa shape index (κ2) is 5.92. The van der Waals surface area contributed by atoms with Crippen LogP contribution in [0.15, 0.2) is 54.9 Å². The van der Waals surface area contributed by atoms with Gasteiger partial charge in [0.15, 0.2) is 0 Å². The van der Waals surface area contributed by atoms with Crippen molar-refractivity contribution >= 4 is 5.57 Å². The van der Waals surface area contributed by atoms with Crippen LogP contribution in [0, 0.1) is 0 Å². The molecule has 0 aromatic carbocycles. The number of hydrogen-bond acceptors (Lipinski definition) is 1. The van der Waals surface area contributed by atoms with Gasteiger partial charge >= 0.3 is 0 Å². The average Bonchev–Trinajstić information content (AvgIpc) is 2.25. The highest BCUT2D eigenvalue weighted by Gasteiger charge is 1.90. The Morgan fingerprint density at radius 3 is 2.79 bits per heavy atom. The van der Waals surface area contributed by atoms with E-state index >= 15 is 0 Å². The summed E-state index contributed by atoms with van der Waals surface area (Å²) < 4.78 is 0. The van der Waals surface area contributed by atoms with Gasteiger partial charge in [-0.2, -0.15) is 0 Å². The third kappa shape index (κ3) is 3.40. The van der Waals surface area contributed by atoms with Crippen LogP contribution >= 0.6 is 0 Å². The Morgan fingerprint density at radius 1 is 1.29 bits per heavy atom. The van der Waals surface area contributed by atoms with Crippen LogP contribution in [0.2, 0.25) is 0 Å².